The van der Waals surface area contributed by atoms with Crippen molar-refractivity contribution in [3.8, 4) is 22.4 Å². The molecular formula is C20H16ClN. The molecule has 108 valence electrons. The van der Waals surface area contributed by atoms with E-state index in [0.717, 1.165) is 11.3 Å². The number of rotatable bonds is 1. The third kappa shape index (κ3) is 1.89. The van der Waals surface area contributed by atoms with Gasteiger partial charge in [-0.1, -0.05) is 61.8 Å². The first-order valence-corrected chi connectivity index (χ1v) is 7.81. The van der Waals surface area contributed by atoms with Crippen LogP contribution >= 0.6 is 11.6 Å². The Bertz CT molecular complexity index is 880. The Balaban J connectivity index is 1.94. The van der Waals surface area contributed by atoms with Crippen molar-refractivity contribution in [3.63, 3.8) is 0 Å². The summed E-state index contributed by atoms with van der Waals surface area (Å²) in [6.45, 7) is 4.57. The number of fused-ring (bicyclic) bond motifs is 3. The summed E-state index contributed by atoms with van der Waals surface area (Å²) in [6.07, 6.45) is 1.75. The van der Waals surface area contributed by atoms with Gasteiger partial charge in [0, 0.05) is 22.2 Å². The quantitative estimate of drug-likeness (QED) is 0.561. The summed E-state index contributed by atoms with van der Waals surface area (Å²) in [4.78, 5) is 4.44. The molecule has 0 saturated heterocycles. The van der Waals surface area contributed by atoms with Gasteiger partial charge in [0.2, 0.25) is 0 Å². The summed E-state index contributed by atoms with van der Waals surface area (Å²) in [5.74, 6) is 0. The highest BCUT2D eigenvalue weighted by Gasteiger charge is 2.35. The fraction of sp³-hybridized carbons (Fsp3) is 0.150. The lowest BCUT2D eigenvalue weighted by molar-refractivity contribution is 0.660. The molecule has 0 radical (unpaired) electrons. The summed E-state index contributed by atoms with van der Waals surface area (Å²) in [5, 5.41) is 0.714. The molecule has 0 fully saturated rings. The minimum atomic E-state index is 0.0478. The van der Waals surface area contributed by atoms with Crippen molar-refractivity contribution in [2.75, 3.05) is 0 Å². The lowest BCUT2D eigenvalue weighted by Gasteiger charge is -2.21. The van der Waals surface area contributed by atoms with Crippen LogP contribution in [0.25, 0.3) is 22.4 Å². The molecule has 2 aromatic carbocycles. The van der Waals surface area contributed by atoms with Crippen LogP contribution in [-0.2, 0) is 5.41 Å². The van der Waals surface area contributed by atoms with E-state index in [4.69, 9.17) is 11.6 Å². The second-order valence-electron chi connectivity index (χ2n) is 6.29. The minimum Gasteiger partial charge on any atom is -0.256 e. The average Bonchev–Trinajstić information content (AvgIpc) is 2.76. The molecule has 1 aliphatic carbocycles. The molecule has 1 aromatic heterocycles. The highest BCUT2D eigenvalue weighted by molar-refractivity contribution is 6.30. The van der Waals surface area contributed by atoms with E-state index in [0.29, 0.717) is 5.02 Å². The highest BCUT2D eigenvalue weighted by Crippen LogP contribution is 2.49. The summed E-state index contributed by atoms with van der Waals surface area (Å²) in [5.41, 5.74) is 7.46. The van der Waals surface area contributed by atoms with Gasteiger partial charge in [-0.25, -0.2) is 0 Å². The van der Waals surface area contributed by atoms with Crippen molar-refractivity contribution >= 4 is 11.6 Å². The molecule has 2 heteroatoms. The molecule has 0 bridgehead atoms. The van der Waals surface area contributed by atoms with E-state index in [2.05, 4.69) is 61.3 Å². The molecule has 0 spiro atoms. The van der Waals surface area contributed by atoms with Crippen LogP contribution in [0.1, 0.15) is 25.0 Å². The predicted molar refractivity (Wildman–Crippen MR) is 92.2 cm³/mol. The van der Waals surface area contributed by atoms with Crippen molar-refractivity contribution in [1.82, 2.24) is 4.98 Å². The fourth-order valence-electron chi connectivity index (χ4n) is 3.44. The molecular weight excluding hydrogens is 290 g/mol. The van der Waals surface area contributed by atoms with E-state index in [9.17, 15) is 0 Å². The van der Waals surface area contributed by atoms with Crippen molar-refractivity contribution in [2.45, 2.75) is 19.3 Å². The SMILES string of the molecule is CC1(C)c2ccccc2-c2cc(-c3cc(Cl)ccn3)ccc21. The van der Waals surface area contributed by atoms with E-state index >= 15 is 0 Å². The first-order valence-electron chi connectivity index (χ1n) is 7.44. The molecule has 0 unspecified atom stereocenters. The average molecular weight is 306 g/mol. The van der Waals surface area contributed by atoms with Crippen LogP contribution in [0.5, 0.6) is 0 Å². The summed E-state index contributed by atoms with van der Waals surface area (Å²) < 4.78 is 0. The normalized spacial score (nSPS) is 14.5. The second-order valence-corrected chi connectivity index (χ2v) is 6.73. The molecule has 0 N–H and O–H groups in total. The van der Waals surface area contributed by atoms with Gasteiger partial charge in [-0.3, -0.25) is 4.98 Å². The Morgan fingerprint density at radius 3 is 2.45 bits per heavy atom. The summed E-state index contributed by atoms with van der Waals surface area (Å²) in [7, 11) is 0. The maximum Gasteiger partial charge on any atom is 0.0716 e. The lowest BCUT2D eigenvalue weighted by Crippen LogP contribution is -2.14. The van der Waals surface area contributed by atoms with Crippen LogP contribution in [0.3, 0.4) is 0 Å². The Morgan fingerprint density at radius 1 is 0.864 bits per heavy atom. The van der Waals surface area contributed by atoms with Crippen LogP contribution < -0.4 is 0 Å². The van der Waals surface area contributed by atoms with Gasteiger partial charge in [-0.05, 0) is 40.5 Å². The third-order valence-corrected chi connectivity index (χ3v) is 4.84. The topological polar surface area (TPSA) is 12.9 Å². The van der Waals surface area contributed by atoms with Crippen LogP contribution in [-0.4, -0.2) is 4.98 Å². The zero-order chi connectivity index (χ0) is 15.3. The van der Waals surface area contributed by atoms with E-state index in [1.165, 1.54) is 22.3 Å². The van der Waals surface area contributed by atoms with Gasteiger partial charge in [0.25, 0.3) is 0 Å². The van der Waals surface area contributed by atoms with Crippen LogP contribution in [0.4, 0.5) is 0 Å². The maximum atomic E-state index is 6.10. The standard InChI is InChI=1S/C20H16ClN/c1-20(2)17-6-4-3-5-15(17)16-11-13(7-8-18(16)20)19-12-14(21)9-10-22-19/h3-12H,1-2H3. The third-order valence-electron chi connectivity index (χ3n) is 4.60. The molecule has 3 aromatic rings. The fourth-order valence-corrected chi connectivity index (χ4v) is 3.60. The Hall–Kier alpha value is -2.12. The van der Waals surface area contributed by atoms with Gasteiger partial charge in [0.1, 0.15) is 0 Å². The lowest BCUT2D eigenvalue weighted by atomic mass is 9.82. The van der Waals surface area contributed by atoms with Crippen molar-refractivity contribution in [3.05, 3.63) is 76.9 Å². The molecule has 0 aliphatic heterocycles. The monoisotopic (exact) mass is 305 g/mol. The van der Waals surface area contributed by atoms with Crippen molar-refractivity contribution in [2.24, 2.45) is 0 Å². The first kappa shape index (κ1) is 13.5. The maximum absolute atomic E-state index is 6.10. The van der Waals surface area contributed by atoms with Gasteiger partial charge in [-0.15, -0.1) is 0 Å². The summed E-state index contributed by atoms with van der Waals surface area (Å²) >= 11 is 6.10. The van der Waals surface area contributed by atoms with Gasteiger partial charge < -0.3 is 0 Å². The number of hydrogen-bond acceptors (Lipinski definition) is 1. The van der Waals surface area contributed by atoms with Crippen LogP contribution in [0.15, 0.2) is 60.8 Å². The van der Waals surface area contributed by atoms with Gasteiger partial charge in [-0.2, -0.15) is 0 Å². The summed E-state index contributed by atoms with van der Waals surface area (Å²) in [6, 6.07) is 19.0. The van der Waals surface area contributed by atoms with Gasteiger partial charge in [0.05, 0.1) is 5.69 Å². The van der Waals surface area contributed by atoms with E-state index in [1.54, 1.807) is 12.3 Å². The minimum absolute atomic E-state index is 0.0478. The number of benzene rings is 2. The number of pyridine rings is 1. The molecule has 1 nitrogen and oxygen atoms in total. The number of aromatic nitrogens is 1. The molecule has 0 atom stereocenters. The molecule has 4 rings (SSSR count). The van der Waals surface area contributed by atoms with Crippen molar-refractivity contribution in [1.29, 1.82) is 0 Å². The van der Waals surface area contributed by atoms with Gasteiger partial charge in [0.15, 0.2) is 0 Å². The number of hydrogen-bond donors (Lipinski definition) is 0. The molecule has 0 saturated carbocycles. The van der Waals surface area contributed by atoms with Crippen LogP contribution in [0, 0.1) is 0 Å². The molecule has 0 amide bonds. The second kappa shape index (κ2) is 4.69. The molecule has 1 aliphatic rings. The Morgan fingerprint density at radius 2 is 1.64 bits per heavy atom. The number of nitrogens with zero attached hydrogens (tertiary/aromatic N) is 1. The van der Waals surface area contributed by atoms with Crippen LogP contribution in [0.2, 0.25) is 5.02 Å². The predicted octanol–water partition coefficient (Wildman–Crippen LogP) is 5.71. The molecule has 1 heterocycles. The largest absolute Gasteiger partial charge is 0.256 e. The van der Waals surface area contributed by atoms with E-state index < -0.39 is 0 Å². The highest BCUT2D eigenvalue weighted by atomic mass is 35.5. The zero-order valence-corrected chi connectivity index (χ0v) is 13.4. The Kier molecular flexibility index (Phi) is 2.88. The van der Waals surface area contributed by atoms with Gasteiger partial charge >= 0.3 is 0 Å². The zero-order valence-electron chi connectivity index (χ0n) is 12.6. The van der Waals surface area contributed by atoms with Crippen molar-refractivity contribution < 1.29 is 0 Å². The Labute approximate surface area is 135 Å². The van der Waals surface area contributed by atoms with E-state index in [1.807, 2.05) is 6.07 Å². The smallest absolute Gasteiger partial charge is 0.0716 e. The first-order chi connectivity index (χ1) is 10.6. The number of halogens is 1. The molecule has 22 heavy (non-hydrogen) atoms. The van der Waals surface area contributed by atoms with E-state index in [-0.39, 0.29) is 5.41 Å².